The second kappa shape index (κ2) is 4.24. The van der Waals surface area contributed by atoms with Gasteiger partial charge in [0.25, 0.3) is 0 Å². The zero-order valence-electron chi connectivity index (χ0n) is 10.7. The van der Waals surface area contributed by atoms with Crippen molar-refractivity contribution in [2.45, 2.75) is 46.1 Å². The molecule has 0 aromatic heterocycles. The number of ketones is 2. The average molecular weight is 236 g/mol. The summed E-state index contributed by atoms with van der Waals surface area (Å²) in [4.78, 5) is 28.5. The molecule has 0 spiro atoms. The van der Waals surface area contributed by atoms with Crippen molar-refractivity contribution >= 4 is 17.4 Å². The van der Waals surface area contributed by atoms with E-state index in [0.717, 1.165) is 6.42 Å². The van der Waals surface area contributed by atoms with E-state index in [-0.39, 0.29) is 17.0 Å². The molecule has 1 heterocycles. The van der Waals surface area contributed by atoms with Crippen molar-refractivity contribution in [3.8, 4) is 0 Å². The Balaban J connectivity index is 2.19. The Morgan fingerprint density at radius 2 is 1.82 bits per heavy atom. The fourth-order valence-corrected chi connectivity index (χ4v) is 2.62. The van der Waals surface area contributed by atoms with Gasteiger partial charge >= 0.3 is 0 Å². The molecular formula is C13H20N2O2. The fraction of sp³-hybridized carbons (Fsp3) is 0.769. The first kappa shape index (κ1) is 12.3. The molecule has 2 rings (SSSR count). The van der Waals surface area contributed by atoms with Gasteiger partial charge in [-0.1, -0.05) is 13.8 Å². The van der Waals surface area contributed by atoms with Crippen molar-refractivity contribution in [2.75, 3.05) is 6.54 Å². The van der Waals surface area contributed by atoms with Crippen LogP contribution in [0, 0.1) is 11.3 Å². The van der Waals surface area contributed by atoms with E-state index in [9.17, 15) is 9.59 Å². The highest BCUT2D eigenvalue weighted by atomic mass is 16.2. The molecule has 1 aliphatic heterocycles. The summed E-state index contributed by atoms with van der Waals surface area (Å²) in [6, 6.07) is 0.304. The van der Waals surface area contributed by atoms with E-state index in [2.05, 4.69) is 17.2 Å². The fourth-order valence-electron chi connectivity index (χ4n) is 2.62. The van der Waals surface area contributed by atoms with Crippen LogP contribution in [0.1, 0.15) is 40.0 Å². The van der Waals surface area contributed by atoms with Crippen LogP contribution in [0.3, 0.4) is 0 Å². The second-order valence-electron chi connectivity index (χ2n) is 5.98. The maximum Gasteiger partial charge on any atom is 0.151 e. The maximum atomic E-state index is 12.1. The summed E-state index contributed by atoms with van der Waals surface area (Å²) in [5.41, 5.74) is -0.189. The highest BCUT2D eigenvalue weighted by Crippen LogP contribution is 2.34. The number of nitrogens with one attached hydrogen (secondary N) is 1. The number of hydrogen-bond acceptors (Lipinski definition) is 4. The number of aliphatic imine (C=N–C) groups is 1. The molecule has 1 fully saturated rings. The number of rotatable bonds is 1. The molecule has 94 valence electrons. The third-order valence-corrected chi connectivity index (χ3v) is 3.46. The molecule has 1 atom stereocenters. The van der Waals surface area contributed by atoms with Gasteiger partial charge in [-0.05, 0) is 18.8 Å². The van der Waals surface area contributed by atoms with Crippen LogP contribution in [-0.4, -0.2) is 30.0 Å². The summed E-state index contributed by atoms with van der Waals surface area (Å²) in [5, 5.41) is 3.18. The molecule has 2 aliphatic rings. The Morgan fingerprint density at radius 3 is 2.35 bits per heavy atom. The summed E-state index contributed by atoms with van der Waals surface area (Å²) in [5.74, 6) is 0.0261. The third kappa shape index (κ3) is 2.56. The van der Waals surface area contributed by atoms with E-state index >= 15 is 0 Å². The van der Waals surface area contributed by atoms with Crippen molar-refractivity contribution in [3.05, 3.63) is 0 Å². The molecule has 0 aromatic rings. The Morgan fingerprint density at radius 1 is 1.24 bits per heavy atom. The molecule has 0 radical (unpaired) electrons. The van der Waals surface area contributed by atoms with Crippen LogP contribution in [-0.2, 0) is 9.59 Å². The number of nitrogens with zero attached hydrogens (tertiary/aromatic N) is 1. The van der Waals surface area contributed by atoms with E-state index in [1.807, 2.05) is 13.8 Å². The Bertz CT molecular complexity index is 365. The lowest BCUT2D eigenvalue weighted by Crippen LogP contribution is -2.50. The van der Waals surface area contributed by atoms with E-state index in [0.29, 0.717) is 31.3 Å². The number of hydrogen-bond donors (Lipinski definition) is 1. The van der Waals surface area contributed by atoms with Crippen molar-refractivity contribution in [1.29, 1.82) is 0 Å². The molecule has 1 N–H and O–H groups in total. The van der Waals surface area contributed by atoms with Crippen LogP contribution < -0.4 is 5.32 Å². The smallest absolute Gasteiger partial charge is 0.151 e. The third-order valence-electron chi connectivity index (χ3n) is 3.46. The van der Waals surface area contributed by atoms with Crippen LogP contribution in [0.4, 0.5) is 0 Å². The molecule has 0 bridgehead atoms. The first-order valence-electron chi connectivity index (χ1n) is 6.25. The van der Waals surface area contributed by atoms with Gasteiger partial charge in [-0.3, -0.25) is 14.6 Å². The van der Waals surface area contributed by atoms with Crippen LogP contribution in [0.15, 0.2) is 4.99 Å². The van der Waals surface area contributed by atoms with Crippen molar-refractivity contribution in [3.63, 3.8) is 0 Å². The van der Waals surface area contributed by atoms with E-state index in [1.54, 1.807) is 0 Å². The van der Waals surface area contributed by atoms with E-state index < -0.39 is 5.92 Å². The Hall–Kier alpha value is -1.19. The van der Waals surface area contributed by atoms with Gasteiger partial charge in [0.1, 0.15) is 11.8 Å². The van der Waals surface area contributed by atoms with Gasteiger partial charge in [-0.2, -0.15) is 0 Å². The molecule has 1 unspecified atom stereocenters. The zero-order chi connectivity index (χ0) is 12.6. The first-order valence-corrected chi connectivity index (χ1v) is 6.25. The largest absolute Gasteiger partial charge is 0.370 e. The second-order valence-corrected chi connectivity index (χ2v) is 5.98. The van der Waals surface area contributed by atoms with Crippen LogP contribution in [0.2, 0.25) is 0 Å². The number of carbonyl (C=O) groups excluding carboxylic acids is 2. The summed E-state index contributed by atoms with van der Waals surface area (Å²) in [6.07, 6.45) is 1.90. The minimum Gasteiger partial charge on any atom is -0.370 e. The predicted molar refractivity (Wildman–Crippen MR) is 66.0 cm³/mol. The summed E-state index contributed by atoms with van der Waals surface area (Å²) >= 11 is 0. The summed E-state index contributed by atoms with van der Waals surface area (Å²) in [6.45, 7) is 6.70. The molecule has 4 heteroatoms. The molecule has 0 saturated heterocycles. The van der Waals surface area contributed by atoms with Gasteiger partial charge in [0.15, 0.2) is 11.6 Å². The summed E-state index contributed by atoms with van der Waals surface area (Å²) in [7, 11) is 0. The predicted octanol–water partition coefficient (Wildman–Crippen LogP) is 1.34. The Kier molecular flexibility index (Phi) is 3.06. The molecule has 0 amide bonds. The summed E-state index contributed by atoms with van der Waals surface area (Å²) < 4.78 is 0. The van der Waals surface area contributed by atoms with Crippen LogP contribution in [0.5, 0.6) is 0 Å². The van der Waals surface area contributed by atoms with Crippen molar-refractivity contribution < 1.29 is 9.59 Å². The standard InChI is InChI=1S/C13H20N2O2/c1-8-4-5-14-12(15-8)11-9(16)6-13(2,3)7-10(11)17/h8,11H,4-7H2,1-3H3,(H,14,15). The van der Waals surface area contributed by atoms with Gasteiger partial charge in [-0.15, -0.1) is 0 Å². The molecular weight excluding hydrogens is 216 g/mol. The molecule has 0 aromatic carbocycles. The van der Waals surface area contributed by atoms with E-state index in [1.165, 1.54) is 0 Å². The SMILES string of the molecule is CC1CCN=C(C2C(=O)CC(C)(C)CC2=O)N1. The molecule has 4 nitrogen and oxygen atoms in total. The maximum absolute atomic E-state index is 12.1. The molecule has 1 aliphatic carbocycles. The quantitative estimate of drug-likeness (QED) is 0.699. The first-order chi connectivity index (χ1) is 7.89. The lowest BCUT2D eigenvalue weighted by Gasteiger charge is -2.34. The van der Waals surface area contributed by atoms with Crippen LogP contribution in [0.25, 0.3) is 0 Å². The van der Waals surface area contributed by atoms with Gasteiger partial charge in [-0.25, -0.2) is 0 Å². The number of amidine groups is 1. The van der Waals surface area contributed by atoms with Gasteiger partial charge in [0, 0.05) is 25.4 Å². The van der Waals surface area contributed by atoms with E-state index in [4.69, 9.17) is 0 Å². The number of Topliss-reactive ketones (excluding diaryl/α,β-unsaturated/α-hetero) is 2. The molecule has 1 saturated carbocycles. The highest BCUT2D eigenvalue weighted by Gasteiger charge is 2.42. The van der Waals surface area contributed by atoms with Crippen LogP contribution >= 0.6 is 0 Å². The van der Waals surface area contributed by atoms with Crippen molar-refractivity contribution in [1.82, 2.24) is 5.32 Å². The highest BCUT2D eigenvalue weighted by molar-refractivity contribution is 6.22. The minimum absolute atomic E-state index is 0.0200. The minimum atomic E-state index is -0.620. The number of carbonyl (C=O) groups is 2. The lowest BCUT2D eigenvalue weighted by atomic mass is 9.71. The van der Waals surface area contributed by atoms with Gasteiger partial charge < -0.3 is 5.32 Å². The molecule has 17 heavy (non-hydrogen) atoms. The normalized spacial score (nSPS) is 29.8. The topological polar surface area (TPSA) is 58.5 Å². The average Bonchev–Trinajstić information content (AvgIpc) is 2.13. The van der Waals surface area contributed by atoms with Gasteiger partial charge in [0.2, 0.25) is 0 Å². The Labute approximate surface area is 102 Å². The lowest BCUT2D eigenvalue weighted by molar-refractivity contribution is -0.136. The zero-order valence-corrected chi connectivity index (χ0v) is 10.7. The monoisotopic (exact) mass is 236 g/mol. The van der Waals surface area contributed by atoms with Crippen molar-refractivity contribution in [2.24, 2.45) is 16.3 Å². The van der Waals surface area contributed by atoms with Gasteiger partial charge in [0.05, 0.1) is 0 Å².